The molecule has 0 aliphatic carbocycles. The first-order chi connectivity index (χ1) is 25.8. The summed E-state index contributed by atoms with van der Waals surface area (Å²) < 4.78 is 32.0. The number of carbonyl (C=O) groups excluding carboxylic acids is 1. The number of aromatic nitrogens is 2. The molecule has 2 aliphatic heterocycles. The third-order valence-electron chi connectivity index (χ3n) is 8.88. The van der Waals surface area contributed by atoms with Gasteiger partial charge in [-0.3, -0.25) is 33.3 Å². The molecule has 0 bridgehead atoms. The number of aromatic amines is 1. The number of aliphatic hydroxyl groups is 5. The molecule has 55 heavy (non-hydrogen) atoms. The number of phosphoric ester groups is 1. The SMILES string of the molecule is CC(Nc1ccc(CC(O)C(O)C(O)COC2OC(COP(=O)(O)OC(CCC(=O)O)C(=O)O)C(O)C2O)cc1)C1C(C)Nc2nc(N)[nH]c(=O)c2N1C=O. The third-order valence-corrected chi connectivity index (χ3v) is 9.88. The highest BCUT2D eigenvalue weighted by Crippen LogP contribution is 2.46. The first-order valence-electron chi connectivity index (χ1n) is 16.8. The van der Waals surface area contributed by atoms with E-state index in [9.17, 15) is 54.2 Å². The molecule has 12 unspecified atom stereocenters. The molecule has 0 saturated carbocycles. The van der Waals surface area contributed by atoms with E-state index >= 15 is 0 Å². The lowest BCUT2D eigenvalue weighted by molar-refractivity contribution is -0.192. The van der Waals surface area contributed by atoms with Gasteiger partial charge in [-0.2, -0.15) is 4.98 Å². The topological polar surface area (TPSA) is 366 Å². The van der Waals surface area contributed by atoms with Crippen molar-refractivity contribution in [1.82, 2.24) is 9.97 Å². The Kier molecular flexibility index (Phi) is 14.7. The molecule has 0 radical (unpaired) electrons. The van der Waals surface area contributed by atoms with Gasteiger partial charge in [-0.05, 0) is 38.0 Å². The fraction of sp³-hybridized carbons (Fsp3) is 0.581. The van der Waals surface area contributed by atoms with Gasteiger partial charge in [0.2, 0.25) is 12.4 Å². The van der Waals surface area contributed by atoms with Crippen molar-refractivity contribution in [3.8, 4) is 0 Å². The predicted octanol–water partition coefficient (Wildman–Crippen LogP) is -2.46. The molecule has 306 valence electrons. The average Bonchev–Trinajstić information content (AvgIpc) is 3.38. The number of aliphatic hydroxyl groups excluding tert-OH is 5. The van der Waals surface area contributed by atoms with Crippen LogP contribution in [0.15, 0.2) is 29.1 Å². The third kappa shape index (κ3) is 11.2. The Morgan fingerprint density at radius 2 is 1.82 bits per heavy atom. The summed E-state index contributed by atoms with van der Waals surface area (Å²) in [5.74, 6) is -3.02. The van der Waals surface area contributed by atoms with Crippen LogP contribution in [0, 0.1) is 0 Å². The summed E-state index contributed by atoms with van der Waals surface area (Å²) in [6, 6.07) is 5.44. The fourth-order valence-corrected chi connectivity index (χ4v) is 7.05. The number of nitrogens with zero attached hydrogens (tertiary/aromatic N) is 2. The van der Waals surface area contributed by atoms with Crippen LogP contribution in [-0.2, 0) is 43.9 Å². The van der Waals surface area contributed by atoms with E-state index in [1.807, 2.05) is 13.8 Å². The maximum atomic E-state index is 12.6. The number of hydrogen-bond acceptors (Lipinski definition) is 18. The zero-order valence-corrected chi connectivity index (χ0v) is 30.3. The van der Waals surface area contributed by atoms with Crippen molar-refractivity contribution in [2.45, 2.75) is 100 Å². The van der Waals surface area contributed by atoms with Gasteiger partial charge in [0, 0.05) is 30.6 Å². The highest BCUT2D eigenvalue weighted by Gasteiger charge is 2.45. The summed E-state index contributed by atoms with van der Waals surface area (Å²) in [6.45, 7) is 2.02. The van der Waals surface area contributed by atoms with Gasteiger partial charge in [-0.1, -0.05) is 12.1 Å². The maximum absolute atomic E-state index is 12.6. The van der Waals surface area contributed by atoms with Crippen LogP contribution in [0.2, 0.25) is 0 Å². The van der Waals surface area contributed by atoms with E-state index in [1.165, 1.54) is 4.90 Å². The standard InChI is InChI=1S/C31H45N6O17P/c1-13(22-14(2)34-27-23(37(22)12-38)28(46)36-31(32)35-27)33-16-5-3-15(4-6-16)9-17(39)24(43)18(40)10-51-30-26(45)25(44)20(53-30)11-52-55(49,50)54-19(29(47)48)7-8-21(41)42/h3-6,12-14,17-20,22,24-26,30,33,39-40,43-45H,7-11H2,1-2H3,(H,41,42)(H,47,48)(H,49,50)(H4,32,34,35,36,46). The minimum Gasteiger partial charge on any atom is -0.481 e. The van der Waals surface area contributed by atoms with E-state index in [-0.39, 0.29) is 29.9 Å². The Morgan fingerprint density at radius 3 is 2.44 bits per heavy atom. The van der Waals surface area contributed by atoms with Gasteiger partial charge >= 0.3 is 19.8 Å². The van der Waals surface area contributed by atoms with Crippen molar-refractivity contribution in [2.75, 3.05) is 34.5 Å². The van der Waals surface area contributed by atoms with Crippen molar-refractivity contribution in [1.29, 1.82) is 0 Å². The van der Waals surface area contributed by atoms with Crippen molar-refractivity contribution in [2.24, 2.45) is 0 Å². The van der Waals surface area contributed by atoms with Crippen LogP contribution in [0.1, 0.15) is 32.3 Å². The van der Waals surface area contributed by atoms with E-state index in [4.69, 9.17) is 25.4 Å². The summed E-state index contributed by atoms with van der Waals surface area (Å²) in [5, 5.41) is 76.5. The maximum Gasteiger partial charge on any atom is 0.473 e. The number of nitrogen functional groups attached to an aromatic ring is 1. The Morgan fingerprint density at radius 1 is 1.15 bits per heavy atom. The van der Waals surface area contributed by atoms with Gasteiger partial charge in [0.1, 0.15) is 30.5 Å². The molecule has 1 saturated heterocycles. The number of fused-ring (bicyclic) bond motifs is 1. The fourth-order valence-electron chi connectivity index (χ4n) is 6.13. The summed E-state index contributed by atoms with van der Waals surface area (Å²) in [6.07, 6.45) is -14.6. The molecule has 24 heteroatoms. The highest BCUT2D eigenvalue weighted by atomic mass is 31.2. The van der Waals surface area contributed by atoms with Gasteiger partial charge in [-0.25, -0.2) is 9.36 Å². The quantitative estimate of drug-likeness (QED) is 0.0487. The van der Waals surface area contributed by atoms with Gasteiger partial charge in [-0.15, -0.1) is 0 Å². The smallest absolute Gasteiger partial charge is 0.473 e. The Labute approximate surface area is 312 Å². The second-order valence-electron chi connectivity index (χ2n) is 13.0. The molecule has 2 aliphatic rings. The van der Waals surface area contributed by atoms with Gasteiger partial charge in [0.25, 0.3) is 5.56 Å². The van der Waals surface area contributed by atoms with Crippen LogP contribution in [0.25, 0.3) is 0 Å². The number of carbonyl (C=O) groups is 3. The number of amides is 1. The zero-order chi connectivity index (χ0) is 40.8. The summed E-state index contributed by atoms with van der Waals surface area (Å²) in [5.41, 5.74) is 6.29. The number of hydrogen-bond donors (Lipinski definition) is 12. The Hall–Kier alpha value is -4.26. The molecule has 0 spiro atoms. The number of rotatable bonds is 20. The van der Waals surface area contributed by atoms with Gasteiger partial charge in [0.15, 0.2) is 23.9 Å². The second-order valence-corrected chi connectivity index (χ2v) is 14.4. The highest BCUT2D eigenvalue weighted by molar-refractivity contribution is 7.47. The Bertz CT molecular complexity index is 1750. The number of H-pyrrole nitrogens is 1. The molecule has 1 aromatic carbocycles. The number of carboxylic acids is 2. The molecule has 23 nitrogen and oxygen atoms in total. The molecule has 13 N–H and O–H groups in total. The lowest BCUT2D eigenvalue weighted by Crippen LogP contribution is -2.58. The van der Waals surface area contributed by atoms with Crippen molar-refractivity contribution in [3.63, 3.8) is 0 Å². The molecule has 12 atom stereocenters. The van der Waals surface area contributed by atoms with Crippen LogP contribution in [0.4, 0.5) is 23.1 Å². The summed E-state index contributed by atoms with van der Waals surface area (Å²) >= 11 is 0. The van der Waals surface area contributed by atoms with Crippen LogP contribution in [-0.4, -0.2) is 149 Å². The minimum atomic E-state index is -5.12. The molecule has 1 fully saturated rings. The number of nitrogens with two attached hydrogens (primary N) is 1. The van der Waals surface area contributed by atoms with Crippen molar-refractivity contribution in [3.05, 3.63) is 40.2 Å². The number of carboxylic acid groups (broad SMARTS) is 2. The van der Waals surface area contributed by atoms with E-state index in [0.29, 0.717) is 17.7 Å². The minimum absolute atomic E-state index is 0.0313. The number of nitrogens with one attached hydrogen (secondary N) is 3. The van der Waals surface area contributed by atoms with Crippen LogP contribution in [0.3, 0.4) is 0 Å². The molecule has 1 amide bonds. The number of aliphatic carboxylic acids is 2. The van der Waals surface area contributed by atoms with Crippen LogP contribution >= 0.6 is 7.82 Å². The number of benzene rings is 1. The number of phosphoric acid groups is 1. The zero-order valence-electron chi connectivity index (χ0n) is 29.4. The number of ether oxygens (including phenoxy) is 2. The van der Waals surface area contributed by atoms with Gasteiger partial charge < -0.3 is 66.5 Å². The molecule has 3 heterocycles. The molecular formula is C31H45N6O17P. The van der Waals surface area contributed by atoms with E-state index in [1.54, 1.807) is 24.3 Å². The lowest BCUT2D eigenvalue weighted by Gasteiger charge is -2.42. The van der Waals surface area contributed by atoms with Crippen molar-refractivity contribution < 1.29 is 78.1 Å². The normalized spacial score (nSPS) is 26.1. The molecular weight excluding hydrogens is 759 g/mol. The summed E-state index contributed by atoms with van der Waals surface area (Å²) in [7, 11) is -5.12. The average molecular weight is 805 g/mol. The molecule has 4 rings (SSSR count). The molecule has 2 aromatic rings. The van der Waals surface area contributed by atoms with Crippen molar-refractivity contribution >= 4 is 49.3 Å². The first kappa shape index (κ1) is 43.5. The van der Waals surface area contributed by atoms with E-state index < -0.39 is 112 Å². The first-order valence-corrected chi connectivity index (χ1v) is 18.3. The largest absolute Gasteiger partial charge is 0.481 e. The number of anilines is 4. The molecule has 1 aromatic heterocycles. The van der Waals surface area contributed by atoms with Crippen LogP contribution in [0.5, 0.6) is 0 Å². The predicted molar refractivity (Wildman–Crippen MR) is 188 cm³/mol. The summed E-state index contributed by atoms with van der Waals surface area (Å²) in [4.78, 5) is 64.3. The lowest BCUT2D eigenvalue weighted by atomic mass is 9.97. The second kappa shape index (κ2) is 18.6. The van der Waals surface area contributed by atoms with E-state index in [0.717, 1.165) is 0 Å². The van der Waals surface area contributed by atoms with Gasteiger partial charge in [0.05, 0.1) is 25.4 Å². The Balaban J connectivity index is 1.25. The van der Waals surface area contributed by atoms with Crippen LogP contribution < -0.4 is 26.8 Å². The monoisotopic (exact) mass is 804 g/mol. The van der Waals surface area contributed by atoms with E-state index in [2.05, 4.69) is 29.6 Å².